The quantitative estimate of drug-likeness (QED) is 0.782. The fraction of sp³-hybridized carbons (Fsp3) is 0.176. The molecule has 0 fully saturated rings. The topological polar surface area (TPSA) is 72.7 Å². The number of hydrogen-bond acceptors (Lipinski definition) is 4. The number of anilines is 1. The molecule has 1 atom stereocenters. The van der Waals surface area contributed by atoms with E-state index in [1.54, 1.807) is 19.1 Å². The molecule has 122 valence electrons. The van der Waals surface area contributed by atoms with Crippen molar-refractivity contribution >= 4 is 11.6 Å². The lowest BCUT2D eigenvalue weighted by Gasteiger charge is -2.16. The standard InChI is InChI=1S/C17H16FN5O/c1-12-7-8-14(10-15(12)18)20-17(24)16(23-11-19-21-22-23)9-13-5-3-2-4-6-13/h2-8,10-11,16H,9H2,1H3,(H,20,24)/t16-/m1/s1. The van der Waals surface area contributed by atoms with Crippen LogP contribution in [0.3, 0.4) is 0 Å². The van der Waals surface area contributed by atoms with E-state index in [0.29, 0.717) is 17.7 Å². The summed E-state index contributed by atoms with van der Waals surface area (Å²) in [7, 11) is 0. The first-order valence-electron chi connectivity index (χ1n) is 7.47. The fourth-order valence-electron chi connectivity index (χ4n) is 2.35. The van der Waals surface area contributed by atoms with Gasteiger partial charge in [0, 0.05) is 12.1 Å². The van der Waals surface area contributed by atoms with Crippen molar-refractivity contribution in [3.05, 3.63) is 71.8 Å². The molecule has 1 N–H and O–H groups in total. The highest BCUT2D eigenvalue weighted by Gasteiger charge is 2.22. The van der Waals surface area contributed by atoms with Crippen LogP contribution in [0, 0.1) is 12.7 Å². The number of nitrogens with zero attached hydrogens (tertiary/aromatic N) is 4. The van der Waals surface area contributed by atoms with Gasteiger partial charge >= 0.3 is 0 Å². The van der Waals surface area contributed by atoms with Gasteiger partial charge in [0.25, 0.3) is 0 Å². The molecular weight excluding hydrogens is 309 g/mol. The van der Waals surface area contributed by atoms with Gasteiger partial charge in [-0.1, -0.05) is 36.4 Å². The lowest BCUT2D eigenvalue weighted by atomic mass is 10.1. The molecule has 0 unspecified atom stereocenters. The van der Waals surface area contributed by atoms with Gasteiger partial charge in [0.15, 0.2) is 0 Å². The summed E-state index contributed by atoms with van der Waals surface area (Å²) in [5, 5.41) is 13.7. The van der Waals surface area contributed by atoms with Crippen LogP contribution in [0.1, 0.15) is 17.2 Å². The number of benzene rings is 2. The largest absolute Gasteiger partial charge is 0.324 e. The van der Waals surface area contributed by atoms with E-state index in [2.05, 4.69) is 20.8 Å². The normalized spacial score (nSPS) is 11.9. The molecule has 0 spiro atoms. The highest BCUT2D eigenvalue weighted by molar-refractivity contribution is 5.93. The first-order chi connectivity index (χ1) is 11.6. The third-order valence-corrected chi connectivity index (χ3v) is 3.70. The minimum Gasteiger partial charge on any atom is -0.324 e. The number of halogens is 1. The van der Waals surface area contributed by atoms with E-state index in [1.807, 2.05) is 30.3 Å². The first-order valence-corrected chi connectivity index (χ1v) is 7.47. The molecule has 0 saturated heterocycles. The van der Waals surface area contributed by atoms with E-state index in [4.69, 9.17) is 0 Å². The van der Waals surface area contributed by atoms with Gasteiger partial charge in [0.05, 0.1) is 0 Å². The lowest BCUT2D eigenvalue weighted by molar-refractivity contribution is -0.119. The van der Waals surface area contributed by atoms with Crippen molar-refractivity contribution in [2.45, 2.75) is 19.4 Å². The molecule has 3 aromatic rings. The zero-order valence-electron chi connectivity index (χ0n) is 13.1. The molecule has 0 bridgehead atoms. The molecule has 6 nitrogen and oxygen atoms in total. The molecule has 0 radical (unpaired) electrons. The number of nitrogens with one attached hydrogen (secondary N) is 1. The maximum Gasteiger partial charge on any atom is 0.249 e. The number of rotatable bonds is 5. The number of carbonyl (C=O) groups is 1. The van der Waals surface area contributed by atoms with Crippen LogP contribution < -0.4 is 5.32 Å². The molecule has 3 rings (SSSR count). The van der Waals surface area contributed by atoms with Gasteiger partial charge in [0.2, 0.25) is 5.91 Å². The lowest BCUT2D eigenvalue weighted by Crippen LogP contribution is -2.28. The zero-order valence-corrected chi connectivity index (χ0v) is 13.1. The molecule has 0 aliphatic carbocycles. The van der Waals surface area contributed by atoms with Crippen LogP contribution in [0.15, 0.2) is 54.9 Å². The molecule has 1 heterocycles. The number of aromatic nitrogens is 4. The Balaban J connectivity index is 1.82. The Labute approximate surface area is 138 Å². The highest BCUT2D eigenvalue weighted by Crippen LogP contribution is 2.18. The molecule has 0 aliphatic heterocycles. The van der Waals surface area contributed by atoms with Gasteiger partial charge in [-0.25, -0.2) is 9.07 Å². The van der Waals surface area contributed by atoms with Crippen molar-refractivity contribution in [3.8, 4) is 0 Å². The summed E-state index contributed by atoms with van der Waals surface area (Å²) >= 11 is 0. The SMILES string of the molecule is Cc1ccc(NC(=O)[C@@H](Cc2ccccc2)n2cnnn2)cc1F. The Morgan fingerprint density at radius 1 is 1.25 bits per heavy atom. The Kier molecular flexibility index (Phi) is 4.60. The van der Waals surface area contributed by atoms with Crippen LogP contribution in [0.5, 0.6) is 0 Å². The number of amides is 1. The van der Waals surface area contributed by atoms with Crippen LogP contribution in [0.25, 0.3) is 0 Å². The van der Waals surface area contributed by atoms with Gasteiger partial charge in [-0.15, -0.1) is 5.10 Å². The average molecular weight is 325 g/mol. The maximum atomic E-state index is 13.7. The predicted molar refractivity (Wildman–Crippen MR) is 86.8 cm³/mol. The van der Waals surface area contributed by atoms with Crippen LogP contribution in [0.2, 0.25) is 0 Å². The molecule has 2 aromatic carbocycles. The summed E-state index contributed by atoms with van der Waals surface area (Å²) in [6, 6.07) is 13.5. The van der Waals surface area contributed by atoms with E-state index >= 15 is 0 Å². The Hall–Kier alpha value is -3.09. The molecular formula is C17H16FN5O. The van der Waals surface area contributed by atoms with E-state index in [0.717, 1.165) is 5.56 Å². The van der Waals surface area contributed by atoms with Crippen LogP contribution >= 0.6 is 0 Å². The second-order valence-corrected chi connectivity index (χ2v) is 5.45. The number of hydrogen-bond donors (Lipinski definition) is 1. The van der Waals surface area contributed by atoms with Crippen molar-refractivity contribution in [1.29, 1.82) is 0 Å². The van der Waals surface area contributed by atoms with Gasteiger partial charge in [0.1, 0.15) is 18.2 Å². The number of tetrazole rings is 1. The zero-order chi connectivity index (χ0) is 16.9. The van der Waals surface area contributed by atoms with Crippen molar-refractivity contribution in [1.82, 2.24) is 20.2 Å². The molecule has 7 heteroatoms. The van der Waals surface area contributed by atoms with Crippen LogP contribution in [-0.2, 0) is 11.2 Å². The summed E-state index contributed by atoms with van der Waals surface area (Å²) in [6.07, 6.45) is 1.81. The number of carbonyl (C=O) groups excluding carboxylic acids is 1. The predicted octanol–water partition coefficient (Wildman–Crippen LogP) is 2.54. The third kappa shape index (κ3) is 3.62. The number of aryl methyl sites for hydroxylation is 1. The van der Waals surface area contributed by atoms with Crippen molar-refractivity contribution in [3.63, 3.8) is 0 Å². The average Bonchev–Trinajstić information content (AvgIpc) is 3.11. The van der Waals surface area contributed by atoms with E-state index in [1.165, 1.54) is 17.1 Å². The molecule has 24 heavy (non-hydrogen) atoms. The molecule has 1 aromatic heterocycles. The fourth-order valence-corrected chi connectivity index (χ4v) is 2.35. The highest BCUT2D eigenvalue weighted by atomic mass is 19.1. The first kappa shape index (κ1) is 15.8. The minimum absolute atomic E-state index is 0.311. The summed E-state index contributed by atoms with van der Waals surface area (Å²) in [4.78, 5) is 12.7. The van der Waals surface area contributed by atoms with Crippen LogP contribution in [-0.4, -0.2) is 26.1 Å². The van der Waals surface area contributed by atoms with Crippen molar-refractivity contribution in [2.75, 3.05) is 5.32 Å². The summed E-state index contributed by atoms with van der Waals surface area (Å²) in [5.41, 5.74) is 1.90. The van der Waals surface area contributed by atoms with Crippen molar-refractivity contribution in [2.24, 2.45) is 0 Å². The molecule has 0 saturated carbocycles. The van der Waals surface area contributed by atoms with E-state index < -0.39 is 6.04 Å². The maximum absolute atomic E-state index is 13.7. The summed E-state index contributed by atoms with van der Waals surface area (Å²) < 4.78 is 15.1. The van der Waals surface area contributed by atoms with Gasteiger partial charge < -0.3 is 5.32 Å². The molecule has 1 amide bonds. The smallest absolute Gasteiger partial charge is 0.249 e. The third-order valence-electron chi connectivity index (χ3n) is 3.70. The monoisotopic (exact) mass is 325 g/mol. The van der Waals surface area contributed by atoms with Crippen molar-refractivity contribution < 1.29 is 9.18 Å². The second-order valence-electron chi connectivity index (χ2n) is 5.45. The van der Waals surface area contributed by atoms with E-state index in [9.17, 15) is 9.18 Å². The Morgan fingerprint density at radius 2 is 2.04 bits per heavy atom. The van der Waals surface area contributed by atoms with Crippen LogP contribution in [0.4, 0.5) is 10.1 Å². The Bertz CT molecular complexity index is 820. The second kappa shape index (κ2) is 6.99. The summed E-state index contributed by atoms with van der Waals surface area (Å²) in [5.74, 6) is -0.677. The Morgan fingerprint density at radius 3 is 2.71 bits per heavy atom. The van der Waals surface area contributed by atoms with Gasteiger partial charge in [-0.3, -0.25) is 4.79 Å². The molecule has 0 aliphatic rings. The van der Waals surface area contributed by atoms with Gasteiger partial charge in [-0.05, 0) is 40.6 Å². The summed E-state index contributed by atoms with van der Waals surface area (Å²) in [6.45, 7) is 1.67. The van der Waals surface area contributed by atoms with E-state index in [-0.39, 0.29) is 11.7 Å². The minimum atomic E-state index is -0.633. The van der Waals surface area contributed by atoms with Gasteiger partial charge in [-0.2, -0.15) is 0 Å².